The van der Waals surface area contributed by atoms with Crippen molar-refractivity contribution in [2.45, 2.75) is 182 Å². The summed E-state index contributed by atoms with van der Waals surface area (Å²) in [5, 5.41) is 0. The molecule has 312 valence electrons. The van der Waals surface area contributed by atoms with Gasteiger partial charge in [0.1, 0.15) is 6.42 Å². The maximum Gasteiger partial charge on any atom is 0.397 e. The molecule has 0 saturated heterocycles. The van der Waals surface area contributed by atoms with Crippen molar-refractivity contribution < 1.29 is 70.2 Å². The van der Waals surface area contributed by atoms with E-state index in [4.69, 9.17) is 25.6 Å². The average Bonchev–Trinajstić information content (AvgIpc) is 2.61. The summed E-state index contributed by atoms with van der Waals surface area (Å²) in [5.41, 5.74) is 0. The van der Waals surface area contributed by atoms with E-state index in [2.05, 4.69) is 72.0 Å². The SMILES string of the molecule is C.C.C.C.C.C.C.C.CCCCC(F)(F)F.C[SiH](O[Si](C)(C)C)O[Si](C)(C)O[Si](C)(C)O[Si](C)(C)C.FF.FOC(F)(F)CC(F)(F)F. The number of hydrogen-bond acceptors (Lipinski definition) is 5. The highest BCUT2D eigenvalue weighted by Gasteiger charge is 2.46. The topological polar surface area (TPSA) is 46.2 Å². The highest BCUT2D eigenvalue weighted by molar-refractivity contribution is 6.87. The van der Waals surface area contributed by atoms with Gasteiger partial charge >= 0.3 is 35.6 Å². The molecule has 0 bridgehead atoms. The first-order chi connectivity index (χ1) is 17.3. The Hall–Kier alpha value is 0.114. The molecule has 0 aliphatic rings. The highest BCUT2D eigenvalue weighted by atomic mass is 28.5. The van der Waals surface area contributed by atoms with Gasteiger partial charge in [-0.25, -0.2) is 0 Å². The molecule has 21 heteroatoms. The van der Waals surface area contributed by atoms with Gasteiger partial charge in [-0.15, -0.1) is 4.94 Å². The summed E-state index contributed by atoms with van der Waals surface area (Å²) in [6.07, 6.45) is -16.2. The van der Waals surface area contributed by atoms with E-state index in [-0.39, 0.29) is 65.8 Å². The number of rotatable bonds is 12. The third kappa shape index (κ3) is 72.0. The lowest BCUT2D eigenvalue weighted by atomic mass is 10.2. The van der Waals surface area contributed by atoms with Crippen molar-refractivity contribution in [3.63, 3.8) is 0 Å². The Morgan fingerprint density at radius 3 is 1.08 bits per heavy atom. The normalized spacial score (nSPS) is 11.8. The summed E-state index contributed by atoms with van der Waals surface area (Å²) >= 11 is 0. The quantitative estimate of drug-likeness (QED) is 0.145. The molecule has 0 N–H and O–H groups in total. The molecule has 0 aromatic carbocycles. The van der Waals surface area contributed by atoms with Crippen LogP contribution in [-0.2, 0) is 21.4 Å². The van der Waals surface area contributed by atoms with Crippen LogP contribution in [0.2, 0.25) is 72.0 Å². The van der Waals surface area contributed by atoms with E-state index in [0.29, 0.717) is 6.42 Å². The van der Waals surface area contributed by atoms with Crippen LogP contribution >= 0.6 is 0 Å². The van der Waals surface area contributed by atoms with Gasteiger partial charge in [0.2, 0.25) is 0 Å². The maximum atomic E-state index is 11.3. The van der Waals surface area contributed by atoms with Gasteiger partial charge in [-0.1, -0.05) is 72.8 Å². The molecule has 1 atom stereocenters. The van der Waals surface area contributed by atoms with E-state index >= 15 is 0 Å². The van der Waals surface area contributed by atoms with Gasteiger partial charge < -0.3 is 16.5 Å². The van der Waals surface area contributed by atoms with Crippen LogP contribution in [0.15, 0.2) is 0 Å². The molecule has 0 saturated carbocycles. The van der Waals surface area contributed by atoms with E-state index in [0.717, 1.165) is 0 Å². The maximum absolute atomic E-state index is 11.3. The van der Waals surface area contributed by atoms with Crippen LogP contribution in [0.1, 0.15) is 92.0 Å². The number of alkyl halides is 8. The number of halogens is 11. The van der Waals surface area contributed by atoms with Crippen molar-refractivity contribution in [2.24, 2.45) is 0 Å². The Bertz CT molecular complexity index is 650. The second-order valence-electron chi connectivity index (χ2n) is 11.3. The zero-order chi connectivity index (χ0) is 33.4. The van der Waals surface area contributed by atoms with Crippen molar-refractivity contribution >= 4 is 43.0 Å². The molecule has 0 aromatic heterocycles. The van der Waals surface area contributed by atoms with Gasteiger partial charge in [-0.05, 0) is 83.0 Å². The van der Waals surface area contributed by atoms with E-state index in [1.54, 1.807) is 11.9 Å². The van der Waals surface area contributed by atoms with Crippen molar-refractivity contribution in [1.29, 1.82) is 0 Å². The van der Waals surface area contributed by atoms with Crippen molar-refractivity contribution in [3.8, 4) is 0 Å². The first-order valence-electron chi connectivity index (χ1n) is 12.1. The Labute approximate surface area is 295 Å². The minimum absolute atomic E-state index is 0. The molecule has 1 unspecified atom stereocenters. The van der Waals surface area contributed by atoms with Crippen LogP contribution in [0, 0.1) is 0 Å². The predicted octanol–water partition coefficient (Wildman–Crippen LogP) is 15.1. The molecule has 5 nitrogen and oxygen atoms in total. The Kier molecular flexibility index (Phi) is 58.4. The molecule has 0 aliphatic heterocycles. The first kappa shape index (κ1) is 81.9. The van der Waals surface area contributed by atoms with Gasteiger partial charge in [-0.3, -0.25) is 0 Å². The zero-order valence-corrected chi connectivity index (χ0v) is 30.3. The third-order valence-electron chi connectivity index (χ3n) is 3.35. The van der Waals surface area contributed by atoms with Crippen molar-refractivity contribution in [2.75, 3.05) is 0 Å². The lowest BCUT2D eigenvalue weighted by Gasteiger charge is -2.38. The molecule has 0 heterocycles. The van der Waals surface area contributed by atoms with Crippen molar-refractivity contribution in [1.82, 2.24) is 0 Å². The molecule has 0 rings (SSSR count). The summed E-state index contributed by atoms with van der Waals surface area (Å²) < 4.78 is 141. The lowest BCUT2D eigenvalue weighted by Crippen LogP contribution is -2.54. The molecule has 0 radical (unpaired) electrons. The summed E-state index contributed by atoms with van der Waals surface area (Å²) in [4.78, 5) is 1.76. The van der Waals surface area contributed by atoms with Crippen LogP contribution in [0.4, 0.5) is 48.8 Å². The van der Waals surface area contributed by atoms with E-state index < -0.39 is 74.3 Å². The smallest absolute Gasteiger partial charge is 0.397 e. The van der Waals surface area contributed by atoms with Gasteiger partial charge in [-0.2, -0.15) is 35.1 Å². The fourth-order valence-corrected chi connectivity index (χ4v) is 22.5. The Morgan fingerprint density at radius 1 is 0.542 bits per heavy atom. The lowest BCUT2D eigenvalue weighted by molar-refractivity contribution is -0.379. The Morgan fingerprint density at radius 2 is 0.896 bits per heavy atom. The minimum atomic E-state index is -5.13. The summed E-state index contributed by atoms with van der Waals surface area (Å²) in [7, 11) is -9.03. The Balaban J connectivity index is -0.0000000400. The fraction of sp³-hybridized carbons (Fsp3) is 1.00. The van der Waals surface area contributed by atoms with Crippen LogP contribution < -0.4 is 0 Å². The molecule has 0 fully saturated rings. The molecular weight excluding hydrogens is 754 g/mol. The van der Waals surface area contributed by atoms with Crippen LogP contribution in [-0.4, -0.2) is 61.5 Å². The second kappa shape index (κ2) is 34.2. The summed E-state index contributed by atoms with van der Waals surface area (Å²) in [5.74, 6) is 0. The van der Waals surface area contributed by atoms with E-state index in [1.807, 2.05) is 0 Å². The number of unbranched alkanes of at least 4 members (excludes halogenated alkanes) is 1. The second-order valence-corrected chi connectivity index (χ2v) is 30.0. The molecule has 0 aliphatic carbocycles. The van der Waals surface area contributed by atoms with E-state index in [9.17, 15) is 39.6 Å². The van der Waals surface area contributed by atoms with Gasteiger partial charge in [0.25, 0.3) is 9.28 Å². The first-order valence-corrected chi connectivity index (χ1v) is 26.6. The third-order valence-corrected chi connectivity index (χ3v) is 19.4. The zero-order valence-electron chi connectivity index (χ0n) is 25.1. The van der Waals surface area contributed by atoms with Crippen LogP contribution in [0.5, 0.6) is 0 Å². The molecule has 48 heavy (non-hydrogen) atoms. The van der Waals surface area contributed by atoms with E-state index in [1.165, 1.54) is 0 Å². The van der Waals surface area contributed by atoms with Crippen molar-refractivity contribution in [3.05, 3.63) is 0 Å². The van der Waals surface area contributed by atoms with Gasteiger partial charge in [0, 0.05) is 15.6 Å². The minimum Gasteiger partial charge on any atom is -0.439 e. The largest absolute Gasteiger partial charge is 0.439 e. The highest BCUT2D eigenvalue weighted by Crippen LogP contribution is 2.32. The van der Waals surface area contributed by atoms with Gasteiger partial charge in [0.05, 0.1) is 0 Å². The van der Waals surface area contributed by atoms with Crippen LogP contribution in [0.25, 0.3) is 0 Å². The summed E-state index contributed by atoms with van der Waals surface area (Å²) in [6.45, 7) is 25.5. The monoisotopic (exact) mass is 830 g/mol. The molecule has 0 spiro atoms. The van der Waals surface area contributed by atoms with Crippen LogP contribution in [0.3, 0.4) is 0 Å². The standard InChI is InChI=1S/C11H34O4Si5.C5H9F3.C3H2F6O.8CH4.F2/c1-16(12-17(2,3)4)13-19(8,9)15-20(10,11)14-18(5,6)7;1-2-3-4-5(6,7)8;4-2(5,6)1-3(7,8)10-9;;;;;;;;;1-2/h16H,1-11H3;2-4H2,1H3;1H2;8*1H4;. The molecule has 0 aromatic rings. The fourth-order valence-electron chi connectivity index (χ4n) is 2.93. The van der Waals surface area contributed by atoms with Gasteiger partial charge in [0.15, 0.2) is 16.6 Å². The average molecular weight is 831 g/mol. The molecular formula is C27H77F11O5Si5. The summed E-state index contributed by atoms with van der Waals surface area (Å²) in [6, 6.07) is 0. The predicted molar refractivity (Wildman–Crippen MR) is 198 cm³/mol. The number of hydrogen-bond donors (Lipinski definition) is 0. The molecule has 0 amide bonds.